The van der Waals surface area contributed by atoms with Crippen molar-refractivity contribution in [1.82, 2.24) is 29.8 Å². The molecule has 2 unspecified atom stereocenters. The molecule has 10 nitrogen and oxygen atoms in total. The van der Waals surface area contributed by atoms with E-state index < -0.39 is 5.92 Å². The molecular weight excluding hydrogens is 602 g/mol. The fourth-order valence-electron chi connectivity index (χ4n) is 8.89. The summed E-state index contributed by atoms with van der Waals surface area (Å²) < 4.78 is 1.86. The molecule has 5 heterocycles. The van der Waals surface area contributed by atoms with Crippen LogP contribution in [0.5, 0.6) is 0 Å². The number of hydrogen-bond acceptors (Lipinski definition) is 5. The molecule has 1 aromatic heterocycles. The number of para-hydroxylation sites is 1. The lowest BCUT2D eigenvalue weighted by molar-refractivity contribution is -0.145. The zero-order chi connectivity index (χ0) is 33.2. The monoisotopic (exact) mass is 653 g/mol. The van der Waals surface area contributed by atoms with E-state index in [1.807, 2.05) is 45.9 Å². The van der Waals surface area contributed by atoms with Crippen LogP contribution in [-0.4, -0.2) is 93.7 Å². The number of anilines is 1. The second-order valence-corrected chi connectivity index (χ2v) is 14.7. The van der Waals surface area contributed by atoms with Gasteiger partial charge in [0.2, 0.25) is 11.8 Å². The molecule has 0 spiro atoms. The summed E-state index contributed by atoms with van der Waals surface area (Å²) >= 11 is 0. The predicted octanol–water partition coefficient (Wildman–Crippen LogP) is 4.83. The van der Waals surface area contributed by atoms with Crippen LogP contribution in [0.2, 0.25) is 0 Å². The van der Waals surface area contributed by atoms with Crippen molar-refractivity contribution in [3.63, 3.8) is 0 Å². The van der Waals surface area contributed by atoms with Crippen molar-refractivity contribution in [3.8, 4) is 0 Å². The summed E-state index contributed by atoms with van der Waals surface area (Å²) in [5.41, 5.74) is 4.16. The van der Waals surface area contributed by atoms with E-state index >= 15 is 0 Å². The summed E-state index contributed by atoms with van der Waals surface area (Å²) in [6, 6.07) is 14.5. The van der Waals surface area contributed by atoms with Gasteiger partial charge in [0.05, 0.1) is 17.6 Å². The minimum atomic E-state index is -0.419. The molecule has 3 saturated heterocycles. The molecule has 0 aliphatic carbocycles. The van der Waals surface area contributed by atoms with E-state index in [0.717, 1.165) is 85.4 Å². The summed E-state index contributed by atoms with van der Waals surface area (Å²) in [5, 5.41) is 12.0. The van der Waals surface area contributed by atoms with E-state index in [1.54, 1.807) is 0 Å². The van der Waals surface area contributed by atoms with Crippen LogP contribution in [-0.2, 0) is 29.5 Å². The van der Waals surface area contributed by atoms with Crippen molar-refractivity contribution in [3.05, 3.63) is 59.8 Å². The predicted molar refractivity (Wildman–Crippen MR) is 187 cm³/mol. The van der Waals surface area contributed by atoms with Crippen LogP contribution in [0.3, 0.4) is 0 Å². The third-order valence-electron chi connectivity index (χ3n) is 11.7. The molecule has 4 aliphatic rings. The van der Waals surface area contributed by atoms with E-state index in [2.05, 4.69) is 51.8 Å². The number of carbonyl (C=O) groups excluding carboxylic acids is 3. The molecule has 3 atom stereocenters. The smallest absolute Gasteiger partial charge is 0.322 e. The van der Waals surface area contributed by atoms with Gasteiger partial charge < -0.3 is 25.3 Å². The molecule has 0 radical (unpaired) electrons. The first-order valence-electron chi connectivity index (χ1n) is 18.2. The number of benzene rings is 2. The highest BCUT2D eigenvalue weighted by atomic mass is 16.2. The van der Waals surface area contributed by atoms with Crippen molar-refractivity contribution in [2.75, 3.05) is 44.6 Å². The summed E-state index contributed by atoms with van der Waals surface area (Å²) in [6.07, 6.45) is 9.44. The number of nitrogens with one attached hydrogen (secondary N) is 2. The molecule has 2 N–H and O–H groups in total. The summed E-state index contributed by atoms with van der Waals surface area (Å²) in [6.45, 7) is 7.04. The van der Waals surface area contributed by atoms with Gasteiger partial charge in [-0.3, -0.25) is 14.3 Å². The van der Waals surface area contributed by atoms with Gasteiger partial charge in [0.15, 0.2) is 0 Å². The Morgan fingerprint density at radius 1 is 0.958 bits per heavy atom. The fraction of sp³-hybridized carbons (Fsp3) is 0.579. The van der Waals surface area contributed by atoms with Crippen molar-refractivity contribution in [1.29, 1.82) is 0 Å². The van der Waals surface area contributed by atoms with Crippen molar-refractivity contribution in [2.24, 2.45) is 24.8 Å². The topological polar surface area (TPSA) is 103 Å². The molecular formula is C38H51N7O3. The number of piperidine rings is 3. The van der Waals surface area contributed by atoms with Crippen LogP contribution >= 0.6 is 0 Å². The largest absolute Gasteiger partial charge is 0.343 e. The first-order valence-corrected chi connectivity index (χ1v) is 18.2. The van der Waals surface area contributed by atoms with Crippen LogP contribution in [0.15, 0.2) is 48.7 Å². The highest BCUT2D eigenvalue weighted by molar-refractivity contribution is 5.91. The van der Waals surface area contributed by atoms with Gasteiger partial charge >= 0.3 is 6.03 Å². The summed E-state index contributed by atoms with van der Waals surface area (Å²) in [7, 11) is 1.93. The van der Waals surface area contributed by atoms with Crippen molar-refractivity contribution in [2.45, 2.75) is 76.8 Å². The van der Waals surface area contributed by atoms with Gasteiger partial charge in [-0.25, -0.2) is 4.79 Å². The van der Waals surface area contributed by atoms with Gasteiger partial charge in [0, 0.05) is 62.8 Å². The second-order valence-electron chi connectivity index (χ2n) is 14.7. The first-order chi connectivity index (χ1) is 23.3. The van der Waals surface area contributed by atoms with Gasteiger partial charge in [-0.15, -0.1) is 0 Å². The summed E-state index contributed by atoms with van der Waals surface area (Å²) in [5.74, 6) is 1.15. The van der Waals surface area contributed by atoms with E-state index in [1.165, 1.54) is 12.8 Å². The normalized spacial score (nSPS) is 23.5. The number of urea groups is 1. The van der Waals surface area contributed by atoms with Gasteiger partial charge in [-0.1, -0.05) is 24.3 Å². The molecule has 4 aliphatic heterocycles. The molecule has 256 valence electrons. The number of aromatic nitrogens is 2. The van der Waals surface area contributed by atoms with Crippen LogP contribution in [0, 0.1) is 17.8 Å². The zero-order valence-electron chi connectivity index (χ0n) is 28.6. The van der Waals surface area contributed by atoms with E-state index in [4.69, 9.17) is 0 Å². The number of fused-ring (bicyclic) bond motifs is 2. The van der Waals surface area contributed by atoms with Crippen LogP contribution in [0.1, 0.15) is 63.0 Å². The zero-order valence-corrected chi connectivity index (χ0v) is 28.6. The highest BCUT2D eigenvalue weighted by Crippen LogP contribution is 2.35. The number of carbonyl (C=O) groups is 3. The maximum atomic E-state index is 14.4. The van der Waals surface area contributed by atoms with E-state index in [0.29, 0.717) is 32.0 Å². The number of nitrogens with zero attached hydrogens (tertiary/aromatic N) is 5. The second kappa shape index (κ2) is 14.3. The van der Waals surface area contributed by atoms with Crippen LogP contribution in [0.4, 0.5) is 10.5 Å². The van der Waals surface area contributed by atoms with Gasteiger partial charge in [-0.05, 0) is 113 Å². The average molecular weight is 654 g/mol. The van der Waals surface area contributed by atoms with Crippen LogP contribution in [0.25, 0.3) is 10.9 Å². The number of amides is 4. The lowest BCUT2D eigenvalue weighted by atomic mass is 9.77. The highest BCUT2D eigenvalue weighted by Gasteiger charge is 2.38. The maximum Gasteiger partial charge on any atom is 0.322 e. The van der Waals surface area contributed by atoms with Gasteiger partial charge in [-0.2, -0.15) is 5.10 Å². The molecule has 48 heavy (non-hydrogen) atoms. The fourth-order valence-corrected chi connectivity index (χ4v) is 8.89. The third kappa shape index (κ3) is 6.95. The van der Waals surface area contributed by atoms with Gasteiger partial charge in [0.25, 0.3) is 0 Å². The Morgan fingerprint density at radius 3 is 2.54 bits per heavy atom. The molecule has 0 bridgehead atoms. The minimum absolute atomic E-state index is 0.0409. The standard InChI is InChI=1S/C38H51N7O3/c1-26-21-30(28-9-15-39-16-10-28)12-19-44(26)37(47)31(22-27-7-8-35-32(23-27)25-40-42(35)2)24-36(46)43-17-13-33(14-18-43)45-20-11-29-5-3-4-6-34(29)41-38(45)48/h3-8,23,25-26,28,30-31,33,39H,9-22,24H2,1-2H3,(H,41,48)/t26-,30?,31?/m1/s1. The number of likely N-dealkylation sites (tertiary alicyclic amines) is 2. The van der Waals surface area contributed by atoms with E-state index in [-0.39, 0.29) is 36.3 Å². The molecule has 0 saturated carbocycles. The van der Waals surface area contributed by atoms with Crippen LogP contribution < -0.4 is 10.6 Å². The lowest BCUT2D eigenvalue weighted by Gasteiger charge is -2.43. The Morgan fingerprint density at radius 2 is 1.75 bits per heavy atom. The molecule has 10 heteroatoms. The Balaban J connectivity index is 1.01. The molecule has 2 aromatic carbocycles. The van der Waals surface area contributed by atoms with Crippen molar-refractivity contribution < 1.29 is 14.4 Å². The Kier molecular flexibility index (Phi) is 9.71. The Labute approximate surface area is 284 Å². The molecule has 3 fully saturated rings. The van der Waals surface area contributed by atoms with Gasteiger partial charge in [0.1, 0.15) is 0 Å². The minimum Gasteiger partial charge on any atom is -0.343 e. The quantitative estimate of drug-likeness (QED) is 0.381. The average Bonchev–Trinajstić information content (AvgIpc) is 3.38. The Bertz CT molecular complexity index is 1620. The third-order valence-corrected chi connectivity index (χ3v) is 11.7. The van der Waals surface area contributed by atoms with E-state index in [9.17, 15) is 14.4 Å². The molecule has 3 aromatic rings. The lowest BCUT2D eigenvalue weighted by Crippen LogP contribution is -2.51. The first kappa shape index (κ1) is 32.6. The number of rotatable bonds is 7. The van der Waals surface area contributed by atoms with Crippen molar-refractivity contribution >= 4 is 34.4 Å². The SMILES string of the molecule is C[C@@H]1CC(C2CCNCC2)CCN1C(=O)C(CC(=O)N1CCC(N2CCc3ccccc3NC2=O)CC1)Cc1ccc2c(cnn2C)c1. The summed E-state index contributed by atoms with van der Waals surface area (Å²) in [4.78, 5) is 47.4. The molecule has 4 amide bonds. The number of hydrogen-bond donors (Lipinski definition) is 2. The maximum absolute atomic E-state index is 14.4. The Hall–Kier alpha value is -3.92. The molecule has 7 rings (SSSR count). The number of aryl methyl sites for hydroxylation is 1.